The molecule has 0 bridgehead atoms. The van der Waals surface area contributed by atoms with E-state index in [4.69, 9.17) is 4.74 Å². The third-order valence-electron chi connectivity index (χ3n) is 3.42. The Hall–Kier alpha value is -1.56. The minimum absolute atomic E-state index is 0.214. The van der Waals surface area contributed by atoms with Crippen LogP contribution in [0.2, 0.25) is 0 Å². The van der Waals surface area contributed by atoms with Gasteiger partial charge in [-0.2, -0.15) is 5.10 Å². The van der Waals surface area contributed by atoms with Crippen molar-refractivity contribution in [3.8, 4) is 5.88 Å². The zero-order valence-corrected chi connectivity index (χ0v) is 10.1. The summed E-state index contributed by atoms with van der Waals surface area (Å²) < 4.78 is 6.75. The first-order valence-corrected chi connectivity index (χ1v) is 5.42. The van der Waals surface area contributed by atoms with Crippen LogP contribution in [0.1, 0.15) is 24.1 Å². The topological polar surface area (TPSA) is 84.6 Å². The highest BCUT2D eigenvalue weighted by Crippen LogP contribution is 2.48. The molecule has 0 aliphatic heterocycles. The van der Waals surface area contributed by atoms with Gasteiger partial charge < -0.3 is 14.9 Å². The number of aromatic nitrogens is 2. The number of nitrogens with zero attached hydrogens (tertiary/aromatic N) is 2. The Kier molecular flexibility index (Phi) is 2.61. The number of ether oxygens (including phenoxy) is 1. The van der Waals surface area contributed by atoms with Crippen molar-refractivity contribution in [3.63, 3.8) is 0 Å². The summed E-state index contributed by atoms with van der Waals surface area (Å²) in [4.78, 5) is 11.5. The first-order valence-electron chi connectivity index (χ1n) is 5.42. The average molecular weight is 240 g/mol. The van der Waals surface area contributed by atoms with Gasteiger partial charge in [-0.15, -0.1) is 0 Å². The molecule has 6 nitrogen and oxygen atoms in total. The van der Waals surface area contributed by atoms with Gasteiger partial charge in [-0.3, -0.25) is 4.79 Å². The average Bonchev–Trinajstić information content (AvgIpc) is 2.47. The van der Waals surface area contributed by atoms with Crippen LogP contribution in [0.3, 0.4) is 0 Å². The zero-order chi connectivity index (χ0) is 12.8. The number of hydrogen-bond donors (Lipinski definition) is 2. The van der Waals surface area contributed by atoms with Gasteiger partial charge in [-0.05, 0) is 19.8 Å². The molecular formula is C11H16N2O4. The molecule has 0 radical (unpaired) electrons. The maximum Gasteiger partial charge on any atom is 0.314 e. The molecule has 1 heterocycles. The second-order valence-corrected chi connectivity index (χ2v) is 4.54. The fourth-order valence-corrected chi connectivity index (χ4v) is 2.65. The molecular weight excluding hydrogens is 224 g/mol. The van der Waals surface area contributed by atoms with Crippen LogP contribution in [-0.2, 0) is 17.3 Å². The molecule has 0 atom stereocenters. The molecule has 1 aliphatic rings. The molecule has 0 saturated heterocycles. The summed E-state index contributed by atoms with van der Waals surface area (Å²) in [6, 6.07) is 0. The van der Waals surface area contributed by atoms with Crippen molar-refractivity contribution in [2.75, 3.05) is 7.11 Å². The van der Waals surface area contributed by atoms with E-state index in [1.54, 1.807) is 14.0 Å². The van der Waals surface area contributed by atoms with Gasteiger partial charge in [-0.25, -0.2) is 4.68 Å². The molecule has 1 aromatic heterocycles. The van der Waals surface area contributed by atoms with Gasteiger partial charge in [0.2, 0.25) is 5.88 Å². The van der Waals surface area contributed by atoms with Crippen molar-refractivity contribution in [2.45, 2.75) is 31.3 Å². The second-order valence-electron chi connectivity index (χ2n) is 4.54. The molecule has 1 saturated carbocycles. The van der Waals surface area contributed by atoms with Crippen LogP contribution in [0.4, 0.5) is 0 Å². The van der Waals surface area contributed by atoms with Crippen LogP contribution in [0, 0.1) is 6.92 Å². The molecule has 1 fully saturated rings. The van der Waals surface area contributed by atoms with Gasteiger partial charge in [0.05, 0.1) is 24.5 Å². The molecule has 94 valence electrons. The number of rotatable bonds is 3. The molecule has 2 rings (SSSR count). The minimum Gasteiger partial charge on any atom is -0.481 e. The van der Waals surface area contributed by atoms with E-state index >= 15 is 0 Å². The molecule has 1 aliphatic carbocycles. The number of aliphatic hydroxyl groups excluding tert-OH is 1. The summed E-state index contributed by atoms with van der Waals surface area (Å²) in [5.74, 6) is -0.478. The zero-order valence-electron chi connectivity index (χ0n) is 10.1. The van der Waals surface area contributed by atoms with Crippen LogP contribution in [0.5, 0.6) is 5.88 Å². The van der Waals surface area contributed by atoms with Crippen LogP contribution in [-0.4, -0.2) is 39.2 Å². The molecule has 1 aromatic rings. The molecule has 0 amide bonds. The lowest BCUT2D eigenvalue weighted by atomic mass is 9.62. The largest absolute Gasteiger partial charge is 0.481 e. The van der Waals surface area contributed by atoms with Gasteiger partial charge in [0, 0.05) is 7.05 Å². The fraction of sp³-hybridized carbons (Fsp3) is 0.636. The minimum atomic E-state index is -1.05. The summed E-state index contributed by atoms with van der Waals surface area (Å²) in [6.45, 7) is 1.76. The quantitative estimate of drug-likeness (QED) is 0.789. The number of methoxy groups -OCH3 is 1. The number of aliphatic hydroxyl groups is 1. The summed E-state index contributed by atoms with van der Waals surface area (Å²) >= 11 is 0. The Morgan fingerprint density at radius 3 is 2.59 bits per heavy atom. The van der Waals surface area contributed by atoms with Crippen LogP contribution in [0.25, 0.3) is 0 Å². The highest BCUT2D eigenvalue weighted by molar-refractivity contribution is 5.84. The van der Waals surface area contributed by atoms with Crippen molar-refractivity contribution in [2.24, 2.45) is 7.05 Å². The van der Waals surface area contributed by atoms with E-state index in [1.807, 2.05) is 0 Å². The lowest BCUT2D eigenvalue weighted by molar-refractivity contribution is -0.153. The normalized spacial score (nSPS) is 27.6. The standard InChI is InChI=1S/C11H16N2O4/c1-6-8(9(17-3)13(2)12-6)11(10(15)16)4-7(14)5-11/h7,14H,4-5H2,1-3H3,(H,15,16). The molecule has 2 N–H and O–H groups in total. The highest BCUT2D eigenvalue weighted by Gasteiger charge is 2.54. The number of carboxylic acids is 1. The Balaban J connectivity index is 2.55. The lowest BCUT2D eigenvalue weighted by Crippen LogP contribution is -2.51. The van der Waals surface area contributed by atoms with E-state index in [-0.39, 0.29) is 12.8 Å². The number of carboxylic acid groups (broad SMARTS) is 1. The van der Waals surface area contributed by atoms with E-state index in [1.165, 1.54) is 11.8 Å². The van der Waals surface area contributed by atoms with Gasteiger partial charge in [0.25, 0.3) is 0 Å². The SMILES string of the molecule is COc1c(C2(C(=O)O)CC(O)C2)c(C)nn1C. The predicted octanol–water partition coefficient (Wildman–Crippen LogP) is 0.214. The van der Waals surface area contributed by atoms with Crippen LogP contribution in [0.15, 0.2) is 0 Å². The smallest absolute Gasteiger partial charge is 0.314 e. The van der Waals surface area contributed by atoms with E-state index < -0.39 is 17.5 Å². The first-order chi connectivity index (χ1) is 7.92. The predicted molar refractivity (Wildman–Crippen MR) is 59.1 cm³/mol. The van der Waals surface area contributed by atoms with E-state index in [2.05, 4.69) is 5.10 Å². The van der Waals surface area contributed by atoms with Crippen molar-refractivity contribution < 1.29 is 19.7 Å². The first kappa shape index (κ1) is 11.9. The van der Waals surface area contributed by atoms with E-state index in [9.17, 15) is 15.0 Å². The van der Waals surface area contributed by atoms with Crippen LogP contribution < -0.4 is 4.74 Å². The maximum atomic E-state index is 11.5. The number of aliphatic carboxylic acids is 1. The summed E-state index contributed by atoms with van der Waals surface area (Å²) in [7, 11) is 3.20. The molecule has 17 heavy (non-hydrogen) atoms. The lowest BCUT2D eigenvalue weighted by Gasteiger charge is -2.41. The number of hydrogen-bond acceptors (Lipinski definition) is 4. The fourth-order valence-electron chi connectivity index (χ4n) is 2.65. The number of carbonyl (C=O) groups is 1. The van der Waals surface area contributed by atoms with Gasteiger partial charge in [0.15, 0.2) is 0 Å². The van der Waals surface area contributed by atoms with Gasteiger partial charge in [-0.1, -0.05) is 0 Å². The molecule has 0 aromatic carbocycles. The van der Waals surface area contributed by atoms with Gasteiger partial charge >= 0.3 is 5.97 Å². The Morgan fingerprint density at radius 2 is 2.18 bits per heavy atom. The van der Waals surface area contributed by atoms with Crippen molar-refractivity contribution in [1.82, 2.24) is 9.78 Å². The third kappa shape index (κ3) is 1.51. The Bertz CT molecular complexity index is 460. The highest BCUT2D eigenvalue weighted by atomic mass is 16.5. The molecule has 0 spiro atoms. The third-order valence-corrected chi connectivity index (χ3v) is 3.42. The van der Waals surface area contributed by atoms with E-state index in [0.717, 1.165) is 0 Å². The van der Waals surface area contributed by atoms with Crippen LogP contribution >= 0.6 is 0 Å². The second kappa shape index (κ2) is 3.73. The van der Waals surface area contributed by atoms with Gasteiger partial charge in [0.1, 0.15) is 5.41 Å². The van der Waals surface area contributed by atoms with E-state index in [0.29, 0.717) is 17.1 Å². The monoisotopic (exact) mass is 240 g/mol. The number of aryl methyl sites for hydroxylation is 2. The summed E-state index contributed by atoms with van der Waals surface area (Å²) in [5.41, 5.74) is 0.169. The van der Waals surface area contributed by atoms with Crippen molar-refractivity contribution in [3.05, 3.63) is 11.3 Å². The molecule has 6 heteroatoms. The Morgan fingerprint density at radius 1 is 1.59 bits per heavy atom. The maximum absolute atomic E-state index is 11.5. The van der Waals surface area contributed by atoms with Crippen molar-refractivity contribution in [1.29, 1.82) is 0 Å². The summed E-state index contributed by atoms with van der Waals surface area (Å²) in [5, 5.41) is 23.0. The van der Waals surface area contributed by atoms with Crippen molar-refractivity contribution >= 4 is 5.97 Å². The molecule has 0 unspecified atom stereocenters. The Labute approximate surface area is 98.8 Å². The summed E-state index contributed by atoms with van der Waals surface area (Å²) in [6.07, 6.45) is -0.133.